The van der Waals surface area contributed by atoms with Crippen molar-refractivity contribution in [3.63, 3.8) is 0 Å². The number of amides is 1. The van der Waals surface area contributed by atoms with Gasteiger partial charge in [0.2, 0.25) is 0 Å². The summed E-state index contributed by atoms with van der Waals surface area (Å²) in [6.45, 7) is 2.32. The zero-order chi connectivity index (χ0) is 26.8. The molecule has 1 saturated heterocycles. The van der Waals surface area contributed by atoms with Gasteiger partial charge in [-0.3, -0.25) is 4.90 Å². The number of rotatable bonds is 6. The second kappa shape index (κ2) is 10.2. The molecule has 35 heavy (non-hydrogen) atoms. The third-order valence-corrected chi connectivity index (χ3v) is 4.82. The highest BCUT2D eigenvalue weighted by atomic mass is 19.4. The quantitative estimate of drug-likeness (QED) is 0.424. The van der Waals surface area contributed by atoms with Crippen LogP contribution in [-0.2, 0) is 22.3 Å². The van der Waals surface area contributed by atoms with Gasteiger partial charge in [-0.05, 0) is 17.7 Å². The summed E-state index contributed by atoms with van der Waals surface area (Å²) in [5, 5.41) is 11.2. The van der Waals surface area contributed by atoms with Gasteiger partial charge in [0, 0.05) is 38.4 Å². The Labute approximate surface area is 191 Å². The SMILES string of the molecule is C=C(Nc1cc(C(F)(F)F)ccc1CN1CCN(C(=O)OC(C(F)(F)F)C(F)(F)F)CC1)C(=O)O. The zero-order valence-electron chi connectivity index (χ0n) is 17.5. The predicted octanol–water partition coefficient (Wildman–Crippen LogP) is 4.46. The molecule has 0 bridgehead atoms. The summed E-state index contributed by atoms with van der Waals surface area (Å²) >= 11 is 0. The molecule has 1 amide bonds. The molecule has 0 aromatic heterocycles. The molecule has 2 rings (SSSR count). The summed E-state index contributed by atoms with van der Waals surface area (Å²) in [6.07, 6.45) is -22.6. The third kappa shape index (κ3) is 7.66. The van der Waals surface area contributed by atoms with Crippen molar-refractivity contribution in [2.45, 2.75) is 31.2 Å². The van der Waals surface area contributed by atoms with Crippen LogP contribution < -0.4 is 5.32 Å². The standard InChI is InChI=1S/C19H18F9N3O4/c1-10(14(32)33)29-13-8-12(17(20,21)22)3-2-11(13)9-30-4-6-31(7-5-30)16(34)35-15(18(23,24)25)19(26,27)28/h2-3,8,15,29H,1,4-7,9H2,(H,32,33). The smallest absolute Gasteiger partial charge is 0.434 e. The van der Waals surface area contributed by atoms with E-state index < -0.39 is 48.0 Å². The molecule has 196 valence electrons. The lowest BCUT2D eigenvalue weighted by atomic mass is 10.1. The van der Waals surface area contributed by atoms with Crippen LogP contribution >= 0.6 is 0 Å². The molecule has 7 nitrogen and oxygen atoms in total. The fourth-order valence-corrected chi connectivity index (χ4v) is 3.05. The van der Waals surface area contributed by atoms with Crippen molar-refractivity contribution in [3.8, 4) is 0 Å². The molecule has 0 saturated carbocycles. The lowest BCUT2D eigenvalue weighted by molar-refractivity contribution is -0.308. The van der Waals surface area contributed by atoms with Gasteiger partial charge in [-0.15, -0.1) is 0 Å². The average molecular weight is 523 g/mol. The first-order valence-corrected chi connectivity index (χ1v) is 9.60. The molecular weight excluding hydrogens is 505 g/mol. The summed E-state index contributed by atoms with van der Waals surface area (Å²) < 4.78 is 118. The van der Waals surface area contributed by atoms with E-state index in [1.165, 1.54) is 0 Å². The number of alkyl halides is 9. The number of nitrogens with zero attached hydrogens (tertiary/aromatic N) is 2. The van der Waals surface area contributed by atoms with Crippen LogP contribution in [0.4, 0.5) is 50.0 Å². The van der Waals surface area contributed by atoms with Crippen LogP contribution in [0.3, 0.4) is 0 Å². The van der Waals surface area contributed by atoms with Gasteiger partial charge in [-0.1, -0.05) is 12.6 Å². The Balaban J connectivity index is 2.09. The highest BCUT2D eigenvalue weighted by molar-refractivity contribution is 5.89. The minimum absolute atomic E-state index is 0.0713. The number of benzene rings is 1. The predicted molar refractivity (Wildman–Crippen MR) is 101 cm³/mol. The van der Waals surface area contributed by atoms with Crippen LogP contribution in [-0.4, -0.2) is 71.6 Å². The topological polar surface area (TPSA) is 82.1 Å². The minimum Gasteiger partial charge on any atom is -0.477 e. The van der Waals surface area contributed by atoms with Gasteiger partial charge in [0.15, 0.2) is 0 Å². The van der Waals surface area contributed by atoms with Gasteiger partial charge in [0.1, 0.15) is 5.70 Å². The van der Waals surface area contributed by atoms with Crippen molar-refractivity contribution in [2.75, 3.05) is 31.5 Å². The molecular formula is C19H18F9N3O4. The fraction of sp³-hybridized carbons (Fsp3) is 0.474. The number of carbonyl (C=O) groups excluding carboxylic acids is 1. The van der Waals surface area contributed by atoms with E-state index in [2.05, 4.69) is 16.6 Å². The maximum Gasteiger partial charge on any atom is 0.434 e. The fourth-order valence-electron chi connectivity index (χ4n) is 3.05. The largest absolute Gasteiger partial charge is 0.477 e. The lowest BCUT2D eigenvalue weighted by Gasteiger charge is -2.35. The summed E-state index contributed by atoms with van der Waals surface area (Å²) in [5.74, 6) is -1.52. The van der Waals surface area contributed by atoms with Gasteiger partial charge in [-0.2, -0.15) is 39.5 Å². The lowest BCUT2D eigenvalue weighted by Crippen LogP contribution is -2.52. The van der Waals surface area contributed by atoms with Crippen LogP contribution in [0, 0.1) is 0 Å². The summed E-state index contributed by atoms with van der Waals surface area (Å²) in [7, 11) is 0. The average Bonchev–Trinajstić information content (AvgIpc) is 2.71. The molecule has 1 heterocycles. The van der Waals surface area contributed by atoms with E-state index >= 15 is 0 Å². The number of carbonyl (C=O) groups is 2. The molecule has 2 N–H and O–H groups in total. The molecule has 1 aliphatic heterocycles. The molecule has 1 aromatic carbocycles. The van der Waals surface area contributed by atoms with E-state index in [4.69, 9.17) is 5.11 Å². The van der Waals surface area contributed by atoms with Crippen LogP contribution in [0.1, 0.15) is 11.1 Å². The number of hydrogen-bond donors (Lipinski definition) is 2. The molecule has 0 atom stereocenters. The minimum atomic E-state index is -5.86. The van der Waals surface area contributed by atoms with E-state index in [-0.39, 0.29) is 44.0 Å². The molecule has 1 aromatic rings. The Kier molecular flexibility index (Phi) is 8.19. The second-order valence-electron chi connectivity index (χ2n) is 7.39. The normalized spacial score (nSPS) is 15.8. The van der Waals surface area contributed by atoms with Crippen LogP contribution in [0.5, 0.6) is 0 Å². The molecule has 0 radical (unpaired) electrons. The highest BCUT2D eigenvalue weighted by Gasteiger charge is 2.60. The maximum absolute atomic E-state index is 13.0. The van der Waals surface area contributed by atoms with Gasteiger partial charge >= 0.3 is 30.6 Å². The Morgan fingerprint density at radius 1 is 1.00 bits per heavy atom. The number of nitrogens with one attached hydrogen (secondary N) is 1. The van der Waals surface area contributed by atoms with Crippen molar-refractivity contribution < 1.29 is 58.9 Å². The van der Waals surface area contributed by atoms with E-state index in [1.807, 2.05) is 0 Å². The first kappa shape index (κ1) is 28.1. The van der Waals surface area contributed by atoms with Crippen molar-refractivity contribution in [2.24, 2.45) is 0 Å². The molecule has 0 unspecified atom stereocenters. The summed E-state index contributed by atoms with van der Waals surface area (Å²) in [5.41, 5.74) is -1.70. The van der Waals surface area contributed by atoms with Crippen LogP contribution in [0.2, 0.25) is 0 Å². The van der Waals surface area contributed by atoms with Crippen LogP contribution in [0.25, 0.3) is 0 Å². The summed E-state index contributed by atoms with van der Waals surface area (Å²) in [4.78, 5) is 25.0. The Morgan fingerprint density at radius 3 is 2.00 bits per heavy atom. The number of hydrogen-bond acceptors (Lipinski definition) is 5. The van der Waals surface area contributed by atoms with Gasteiger partial charge < -0.3 is 20.1 Å². The molecule has 1 aliphatic rings. The Hall–Kier alpha value is -3.17. The molecule has 0 spiro atoms. The Bertz CT molecular complexity index is 938. The van der Waals surface area contributed by atoms with Gasteiger partial charge in [0.25, 0.3) is 6.10 Å². The van der Waals surface area contributed by atoms with E-state index in [0.29, 0.717) is 11.0 Å². The van der Waals surface area contributed by atoms with Crippen molar-refractivity contribution in [1.29, 1.82) is 0 Å². The number of carboxylic acid groups (broad SMARTS) is 1. The second-order valence-corrected chi connectivity index (χ2v) is 7.39. The van der Waals surface area contributed by atoms with Crippen molar-refractivity contribution in [3.05, 3.63) is 41.6 Å². The highest BCUT2D eigenvalue weighted by Crippen LogP contribution is 2.36. The summed E-state index contributed by atoms with van der Waals surface area (Å²) in [6, 6.07) is 2.51. The van der Waals surface area contributed by atoms with E-state index in [0.717, 1.165) is 12.1 Å². The maximum atomic E-state index is 13.0. The number of ether oxygens (including phenoxy) is 1. The number of aliphatic carboxylic acids is 1. The molecule has 1 fully saturated rings. The number of piperazine rings is 1. The first-order chi connectivity index (χ1) is 15.9. The third-order valence-electron chi connectivity index (χ3n) is 4.82. The van der Waals surface area contributed by atoms with E-state index in [1.54, 1.807) is 4.90 Å². The van der Waals surface area contributed by atoms with Crippen LogP contribution in [0.15, 0.2) is 30.5 Å². The van der Waals surface area contributed by atoms with Crippen molar-refractivity contribution in [1.82, 2.24) is 9.80 Å². The van der Waals surface area contributed by atoms with Gasteiger partial charge in [0.05, 0.1) is 5.56 Å². The Morgan fingerprint density at radius 2 is 1.54 bits per heavy atom. The number of halogens is 9. The monoisotopic (exact) mass is 523 g/mol. The van der Waals surface area contributed by atoms with E-state index in [9.17, 15) is 49.1 Å². The first-order valence-electron chi connectivity index (χ1n) is 9.60. The van der Waals surface area contributed by atoms with Gasteiger partial charge in [-0.25, -0.2) is 9.59 Å². The number of anilines is 1. The molecule has 0 aliphatic carbocycles. The number of carboxylic acids is 1. The zero-order valence-corrected chi connectivity index (χ0v) is 17.5. The molecule has 16 heteroatoms. The van der Waals surface area contributed by atoms with Crippen molar-refractivity contribution >= 4 is 17.7 Å².